The first-order valence-electron chi connectivity index (χ1n) is 5.74. The fourth-order valence-electron chi connectivity index (χ4n) is 1.81. The first-order valence-corrected chi connectivity index (χ1v) is 6.53. The first kappa shape index (κ1) is 12.3. The minimum absolute atomic E-state index is 0.544. The summed E-state index contributed by atoms with van der Waals surface area (Å²) in [4.78, 5) is 10.7. The van der Waals surface area contributed by atoms with E-state index in [4.69, 9.17) is 4.52 Å². The van der Waals surface area contributed by atoms with Crippen molar-refractivity contribution < 1.29 is 4.52 Å². The Morgan fingerprint density at radius 3 is 3.00 bits per heavy atom. The average molecular weight is 322 g/mol. The molecule has 98 valence electrons. The maximum Gasteiger partial charge on any atom is 0.241 e. The van der Waals surface area contributed by atoms with Crippen LogP contribution in [0.3, 0.4) is 0 Å². The molecule has 19 heavy (non-hydrogen) atoms. The van der Waals surface area contributed by atoms with Gasteiger partial charge in [0.2, 0.25) is 11.7 Å². The summed E-state index contributed by atoms with van der Waals surface area (Å²) in [6.45, 7) is 0.618. The van der Waals surface area contributed by atoms with Gasteiger partial charge in [0, 0.05) is 10.7 Å². The number of hydrogen-bond acceptors (Lipinski definition) is 5. The van der Waals surface area contributed by atoms with E-state index < -0.39 is 0 Å². The number of imidazole rings is 1. The summed E-state index contributed by atoms with van der Waals surface area (Å²) in [6, 6.07) is 3.87. The van der Waals surface area contributed by atoms with E-state index in [1.807, 2.05) is 41.7 Å². The van der Waals surface area contributed by atoms with Crippen LogP contribution in [-0.2, 0) is 6.54 Å². The highest BCUT2D eigenvalue weighted by Gasteiger charge is 2.13. The minimum Gasteiger partial charge on any atom is -0.337 e. The molecule has 0 amide bonds. The van der Waals surface area contributed by atoms with Gasteiger partial charge in [-0.25, -0.2) is 4.98 Å². The Balaban J connectivity index is 2.04. The fraction of sp³-hybridized carbons (Fsp3) is 0.250. The zero-order valence-electron chi connectivity index (χ0n) is 10.5. The molecule has 3 heterocycles. The van der Waals surface area contributed by atoms with Crippen molar-refractivity contribution in [2.75, 3.05) is 14.1 Å². The molecule has 3 rings (SSSR count). The van der Waals surface area contributed by atoms with Gasteiger partial charge in [-0.2, -0.15) is 4.98 Å². The van der Waals surface area contributed by atoms with Crippen molar-refractivity contribution in [1.29, 1.82) is 0 Å². The lowest BCUT2D eigenvalue weighted by molar-refractivity contribution is 0.303. The van der Waals surface area contributed by atoms with Crippen LogP contribution in [0.1, 0.15) is 5.89 Å². The summed E-state index contributed by atoms with van der Waals surface area (Å²) in [5, 5.41) is 4.00. The lowest BCUT2D eigenvalue weighted by atomic mass is 10.4. The van der Waals surface area contributed by atoms with Gasteiger partial charge in [0.1, 0.15) is 11.3 Å². The molecule has 7 heteroatoms. The highest BCUT2D eigenvalue weighted by molar-refractivity contribution is 9.10. The quantitative estimate of drug-likeness (QED) is 0.740. The van der Waals surface area contributed by atoms with E-state index in [1.54, 1.807) is 6.20 Å². The Hall–Kier alpha value is -1.73. The molecular weight excluding hydrogens is 310 g/mol. The van der Waals surface area contributed by atoms with E-state index in [1.165, 1.54) is 0 Å². The number of halogens is 1. The highest BCUT2D eigenvalue weighted by Crippen LogP contribution is 2.20. The van der Waals surface area contributed by atoms with Crippen LogP contribution in [0.5, 0.6) is 0 Å². The molecule has 0 N–H and O–H groups in total. The predicted molar refractivity (Wildman–Crippen MR) is 73.6 cm³/mol. The van der Waals surface area contributed by atoms with Crippen molar-refractivity contribution in [1.82, 2.24) is 24.4 Å². The number of rotatable bonds is 3. The third kappa shape index (κ3) is 2.39. The van der Waals surface area contributed by atoms with Crippen LogP contribution in [0.2, 0.25) is 0 Å². The first-order chi connectivity index (χ1) is 9.13. The van der Waals surface area contributed by atoms with Crippen LogP contribution >= 0.6 is 15.9 Å². The fourth-order valence-corrected chi connectivity index (χ4v) is 2.15. The topological polar surface area (TPSA) is 59.5 Å². The second-order valence-corrected chi connectivity index (χ2v) is 5.38. The van der Waals surface area contributed by atoms with Gasteiger partial charge in [0.15, 0.2) is 0 Å². The molecule has 0 saturated heterocycles. The monoisotopic (exact) mass is 321 g/mol. The Morgan fingerprint density at radius 1 is 1.37 bits per heavy atom. The predicted octanol–water partition coefficient (Wildman–Crippen LogP) is 2.21. The van der Waals surface area contributed by atoms with E-state index in [0.717, 1.165) is 15.8 Å². The second-order valence-electron chi connectivity index (χ2n) is 4.47. The lowest BCUT2D eigenvalue weighted by Gasteiger charge is -2.02. The molecule has 0 unspecified atom stereocenters. The SMILES string of the molecule is CN(C)Cc1nc(-c2cnc3ccc(Br)cn23)no1. The molecule has 0 fully saturated rings. The lowest BCUT2D eigenvalue weighted by Crippen LogP contribution is -2.10. The van der Waals surface area contributed by atoms with E-state index >= 15 is 0 Å². The number of pyridine rings is 1. The second kappa shape index (κ2) is 4.75. The van der Waals surface area contributed by atoms with E-state index in [-0.39, 0.29) is 0 Å². The van der Waals surface area contributed by atoms with Gasteiger partial charge in [0.05, 0.1) is 12.7 Å². The summed E-state index contributed by atoms with van der Waals surface area (Å²) in [7, 11) is 3.91. The molecule has 0 saturated carbocycles. The molecule has 0 aromatic carbocycles. The number of aromatic nitrogens is 4. The molecule has 0 aliphatic carbocycles. The van der Waals surface area contributed by atoms with Crippen LogP contribution < -0.4 is 0 Å². The maximum atomic E-state index is 5.22. The number of nitrogens with zero attached hydrogens (tertiary/aromatic N) is 5. The van der Waals surface area contributed by atoms with Crippen LogP contribution in [-0.4, -0.2) is 38.5 Å². The van der Waals surface area contributed by atoms with E-state index in [9.17, 15) is 0 Å². The van der Waals surface area contributed by atoms with Crippen molar-refractivity contribution in [3.05, 3.63) is 34.9 Å². The average Bonchev–Trinajstić information content (AvgIpc) is 2.94. The molecule has 6 nitrogen and oxygen atoms in total. The molecule has 3 aromatic rings. The van der Waals surface area contributed by atoms with Crippen molar-refractivity contribution in [2.24, 2.45) is 0 Å². The Kier molecular flexibility index (Phi) is 3.08. The van der Waals surface area contributed by atoms with Gasteiger partial charge in [0.25, 0.3) is 0 Å². The molecule has 0 atom stereocenters. The number of fused-ring (bicyclic) bond motifs is 1. The van der Waals surface area contributed by atoms with Gasteiger partial charge in [-0.3, -0.25) is 4.40 Å². The summed E-state index contributed by atoms with van der Waals surface area (Å²) in [6.07, 6.45) is 3.67. The maximum absolute atomic E-state index is 5.22. The van der Waals surface area contributed by atoms with E-state index in [0.29, 0.717) is 18.3 Å². The number of hydrogen-bond donors (Lipinski definition) is 0. The minimum atomic E-state index is 0.544. The molecule has 0 spiro atoms. The third-order valence-corrected chi connectivity index (χ3v) is 3.09. The van der Waals surface area contributed by atoms with Crippen LogP contribution in [0.4, 0.5) is 0 Å². The van der Waals surface area contributed by atoms with E-state index in [2.05, 4.69) is 31.1 Å². The van der Waals surface area contributed by atoms with Gasteiger partial charge < -0.3 is 9.42 Å². The molecule has 0 bridgehead atoms. The van der Waals surface area contributed by atoms with Gasteiger partial charge >= 0.3 is 0 Å². The van der Waals surface area contributed by atoms with Crippen LogP contribution in [0, 0.1) is 0 Å². The highest BCUT2D eigenvalue weighted by atomic mass is 79.9. The third-order valence-electron chi connectivity index (χ3n) is 2.62. The van der Waals surface area contributed by atoms with Gasteiger partial charge in [-0.1, -0.05) is 5.16 Å². The summed E-state index contributed by atoms with van der Waals surface area (Å²) >= 11 is 3.44. The Morgan fingerprint density at radius 2 is 2.21 bits per heavy atom. The van der Waals surface area contributed by atoms with Crippen molar-refractivity contribution in [3.63, 3.8) is 0 Å². The molecule has 0 aliphatic heterocycles. The summed E-state index contributed by atoms with van der Waals surface area (Å²) in [5.41, 5.74) is 1.65. The molecule has 3 aromatic heterocycles. The zero-order chi connectivity index (χ0) is 13.4. The van der Waals surface area contributed by atoms with Gasteiger partial charge in [-0.05, 0) is 42.2 Å². The summed E-state index contributed by atoms with van der Waals surface area (Å²) in [5.74, 6) is 1.13. The summed E-state index contributed by atoms with van der Waals surface area (Å²) < 4.78 is 8.12. The Bertz CT molecular complexity index is 718. The van der Waals surface area contributed by atoms with Crippen LogP contribution in [0.15, 0.2) is 33.5 Å². The zero-order valence-corrected chi connectivity index (χ0v) is 12.1. The van der Waals surface area contributed by atoms with Gasteiger partial charge in [-0.15, -0.1) is 0 Å². The molecule has 0 radical (unpaired) electrons. The Labute approximate surface area is 118 Å². The van der Waals surface area contributed by atoms with Crippen molar-refractivity contribution in [3.8, 4) is 11.5 Å². The molecular formula is C12H12BrN5O. The van der Waals surface area contributed by atoms with Crippen LogP contribution in [0.25, 0.3) is 17.2 Å². The van der Waals surface area contributed by atoms with Crippen molar-refractivity contribution in [2.45, 2.75) is 6.54 Å². The standard InChI is InChI=1S/C12H12BrN5O/c1-17(2)7-11-15-12(16-19-11)9-5-14-10-4-3-8(13)6-18(9)10/h3-6H,7H2,1-2H3. The van der Waals surface area contributed by atoms with Crippen molar-refractivity contribution >= 4 is 21.6 Å². The molecule has 0 aliphatic rings. The largest absolute Gasteiger partial charge is 0.337 e. The smallest absolute Gasteiger partial charge is 0.241 e. The normalized spacial score (nSPS) is 11.6.